The molecule has 0 atom stereocenters. The number of nitrogens with zero attached hydrogens (tertiary/aromatic N) is 2. The standard InChI is InChI=1S/C22H19FN2O4/c23-16-8-5-14(6-9-16)19(26)3-2-12-29-22(28)15-7-10-17-18(13-15)24-20-4-1-11-25(20)21(17)27/h5-10,13H,1-4,11-12H2. The fraction of sp³-hybridized carbons (Fsp3) is 0.273. The van der Waals surface area contributed by atoms with Crippen LogP contribution in [0.4, 0.5) is 4.39 Å². The molecule has 0 aliphatic carbocycles. The average Bonchev–Trinajstić information content (AvgIpc) is 3.20. The molecule has 2 heterocycles. The van der Waals surface area contributed by atoms with Crippen molar-refractivity contribution in [2.75, 3.05) is 6.61 Å². The highest BCUT2D eigenvalue weighted by Crippen LogP contribution is 2.17. The lowest BCUT2D eigenvalue weighted by Crippen LogP contribution is -2.21. The van der Waals surface area contributed by atoms with E-state index in [2.05, 4.69) is 4.98 Å². The molecule has 2 aromatic carbocycles. The SMILES string of the molecule is O=C(CCCOC(=O)c1ccc2c(=O)n3c(nc2c1)CCC3)c1ccc(F)cc1. The molecule has 3 aromatic rings. The van der Waals surface area contributed by atoms with E-state index in [1.165, 1.54) is 24.3 Å². The molecule has 1 aliphatic rings. The van der Waals surface area contributed by atoms with Crippen LogP contribution in [0.2, 0.25) is 0 Å². The number of Topliss-reactive ketones (excluding diaryl/α,β-unsaturated/α-hetero) is 1. The molecule has 7 heteroatoms. The van der Waals surface area contributed by atoms with Crippen LogP contribution in [0.5, 0.6) is 0 Å². The summed E-state index contributed by atoms with van der Waals surface area (Å²) < 4.78 is 19.8. The maximum absolute atomic E-state index is 12.9. The zero-order valence-corrected chi connectivity index (χ0v) is 15.7. The maximum atomic E-state index is 12.9. The number of aryl methyl sites for hydroxylation is 1. The number of hydrogen-bond acceptors (Lipinski definition) is 5. The van der Waals surface area contributed by atoms with Crippen molar-refractivity contribution in [3.63, 3.8) is 0 Å². The maximum Gasteiger partial charge on any atom is 0.338 e. The number of fused-ring (bicyclic) bond motifs is 2. The quantitative estimate of drug-likeness (QED) is 0.364. The van der Waals surface area contributed by atoms with E-state index in [9.17, 15) is 18.8 Å². The second-order valence-electron chi connectivity index (χ2n) is 6.99. The predicted molar refractivity (Wildman–Crippen MR) is 105 cm³/mol. The first kappa shape index (κ1) is 19.0. The zero-order chi connectivity index (χ0) is 20.4. The van der Waals surface area contributed by atoms with Crippen molar-refractivity contribution in [1.82, 2.24) is 9.55 Å². The number of benzene rings is 2. The molecule has 1 aromatic heterocycles. The summed E-state index contributed by atoms with van der Waals surface area (Å²) in [6, 6.07) is 10.1. The van der Waals surface area contributed by atoms with Gasteiger partial charge in [-0.25, -0.2) is 14.2 Å². The van der Waals surface area contributed by atoms with Gasteiger partial charge in [0, 0.05) is 24.9 Å². The summed E-state index contributed by atoms with van der Waals surface area (Å²) in [5.41, 5.74) is 1.15. The van der Waals surface area contributed by atoms with E-state index in [4.69, 9.17) is 4.74 Å². The Morgan fingerprint density at radius 3 is 2.66 bits per heavy atom. The Morgan fingerprint density at radius 1 is 1.10 bits per heavy atom. The molecule has 148 valence electrons. The van der Waals surface area contributed by atoms with E-state index in [-0.39, 0.29) is 24.4 Å². The molecule has 29 heavy (non-hydrogen) atoms. The summed E-state index contributed by atoms with van der Waals surface area (Å²) >= 11 is 0. The molecule has 0 N–H and O–H groups in total. The number of esters is 1. The van der Waals surface area contributed by atoms with Gasteiger partial charge in [0.05, 0.1) is 23.1 Å². The third-order valence-electron chi connectivity index (χ3n) is 5.00. The zero-order valence-electron chi connectivity index (χ0n) is 15.7. The van der Waals surface area contributed by atoms with Gasteiger partial charge in [-0.15, -0.1) is 0 Å². The highest BCUT2D eigenvalue weighted by molar-refractivity contribution is 5.96. The van der Waals surface area contributed by atoms with E-state index in [1.54, 1.807) is 22.8 Å². The lowest BCUT2D eigenvalue weighted by atomic mass is 10.1. The Morgan fingerprint density at radius 2 is 1.86 bits per heavy atom. The van der Waals surface area contributed by atoms with E-state index in [1.807, 2.05) is 0 Å². The summed E-state index contributed by atoms with van der Waals surface area (Å²) in [6.07, 6.45) is 2.20. The van der Waals surface area contributed by atoms with Gasteiger partial charge in [-0.1, -0.05) is 0 Å². The minimum atomic E-state index is -0.525. The van der Waals surface area contributed by atoms with Gasteiger partial charge in [0.15, 0.2) is 5.78 Å². The van der Waals surface area contributed by atoms with Crippen LogP contribution >= 0.6 is 0 Å². The Hall–Kier alpha value is -3.35. The smallest absolute Gasteiger partial charge is 0.338 e. The topological polar surface area (TPSA) is 78.3 Å². The molecule has 6 nitrogen and oxygen atoms in total. The van der Waals surface area contributed by atoms with E-state index in [0.29, 0.717) is 35.0 Å². The third kappa shape index (κ3) is 3.94. The number of rotatable bonds is 6. The van der Waals surface area contributed by atoms with Crippen LogP contribution < -0.4 is 5.56 Å². The van der Waals surface area contributed by atoms with Crippen molar-refractivity contribution >= 4 is 22.7 Å². The number of hydrogen-bond donors (Lipinski definition) is 0. The molecular weight excluding hydrogens is 375 g/mol. The summed E-state index contributed by atoms with van der Waals surface area (Å²) in [4.78, 5) is 41.3. The first-order valence-corrected chi connectivity index (χ1v) is 9.52. The second-order valence-corrected chi connectivity index (χ2v) is 6.99. The monoisotopic (exact) mass is 394 g/mol. The molecular formula is C22H19FN2O4. The van der Waals surface area contributed by atoms with Crippen LogP contribution in [-0.2, 0) is 17.7 Å². The Balaban J connectivity index is 1.37. The number of ether oxygens (including phenoxy) is 1. The first-order valence-electron chi connectivity index (χ1n) is 9.52. The van der Waals surface area contributed by atoms with Crippen molar-refractivity contribution < 1.29 is 18.7 Å². The van der Waals surface area contributed by atoms with Crippen LogP contribution in [-0.4, -0.2) is 27.9 Å². The van der Waals surface area contributed by atoms with Gasteiger partial charge in [-0.05, 0) is 55.3 Å². The molecule has 0 spiro atoms. The van der Waals surface area contributed by atoms with Crippen LogP contribution in [0.3, 0.4) is 0 Å². The second kappa shape index (κ2) is 7.95. The van der Waals surface area contributed by atoms with Gasteiger partial charge in [-0.3, -0.25) is 14.2 Å². The highest BCUT2D eigenvalue weighted by Gasteiger charge is 2.17. The molecule has 1 aliphatic heterocycles. The van der Waals surface area contributed by atoms with Crippen molar-refractivity contribution in [2.24, 2.45) is 0 Å². The van der Waals surface area contributed by atoms with E-state index >= 15 is 0 Å². The van der Waals surface area contributed by atoms with Crippen molar-refractivity contribution in [1.29, 1.82) is 0 Å². The Bertz CT molecular complexity index is 1150. The minimum Gasteiger partial charge on any atom is -0.462 e. The Labute approximate surface area is 165 Å². The fourth-order valence-electron chi connectivity index (χ4n) is 3.47. The Kier molecular flexibility index (Phi) is 5.20. The number of ketones is 1. The number of aromatic nitrogens is 2. The normalized spacial score (nSPS) is 12.7. The van der Waals surface area contributed by atoms with Gasteiger partial charge >= 0.3 is 5.97 Å². The third-order valence-corrected chi connectivity index (χ3v) is 5.00. The van der Waals surface area contributed by atoms with Crippen LogP contribution in [0.15, 0.2) is 47.3 Å². The number of carbonyl (C=O) groups excluding carboxylic acids is 2. The summed E-state index contributed by atoms with van der Waals surface area (Å²) in [7, 11) is 0. The van der Waals surface area contributed by atoms with E-state index < -0.39 is 11.8 Å². The largest absolute Gasteiger partial charge is 0.462 e. The number of halogens is 1. The molecule has 0 bridgehead atoms. The molecule has 4 rings (SSSR count). The predicted octanol–water partition coefficient (Wildman–Crippen LogP) is 3.30. The van der Waals surface area contributed by atoms with Crippen molar-refractivity contribution in [3.05, 3.63) is 75.6 Å². The van der Waals surface area contributed by atoms with Gasteiger partial charge < -0.3 is 4.74 Å². The lowest BCUT2D eigenvalue weighted by molar-refractivity contribution is 0.0494. The molecule has 0 unspecified atom stereocenters. The molecule has 0 saturated carbocycles. The van der Waals surface area contributed by atoms with Gasteiger partial charge in [-0.2, -0.15) is 0 Å². The van der Waals surface area contributed by atoms with Crippen LogP contribution in [0, 0.1) is 5.82 Å². The molecule has 0 amide bonds. The summed E-state index contributed by atoms with van der Waals surface area (Å²) in [5, 5.41) is 0.483. The fourth-order valence-corrected chi connectivity index (χ4v) is 3.47. The summed E-state index contributed by atoms with van der Waals surface area (Å²) in [6.45, 7) is 0.765. The highest BCUT2D eigenvalue weighted by atomic mass is 19.1. The van der Waals surface area contributed by atoms with Crippen molar-refractivity contribution in [2.45, 2.75) is 32.2 Å². The molecule has 0 saturated heterocycles. The minimum absolute atomic E-state index is 0.0817. The summed E-state index contributed by atoms with van der Waals surface area (Å²) in [5.74, 6) is -0.311. The van der Waals surface area contributed by atoms with Gasteiger partial charge in [0.25, 0.3) is 5.56 Å². The van der Waals surface area contributed by atoms with E-state index in [0.717, 1.165) is 18.7 Å². The van der Waals surface area contributed by atoms with Crippen molar-refractivity contribution in [3.8, 4) is 0 Å². The first-order chi connectivity index (χ1) is 14.0. The average molecular weight is 394 g/mol. The van der Waals surface area contributed by atoms with Gasteiger partial charge in [0.2, 0.25) is 0 Å². The molecule has 0 radical (unpaired) electrons. The van der Waals surface area contributed by atoms with Gasteiger partial charge in [0.1, 0.15) is 11.6 Å². The van der Waals surface area contributed by atoms with Crippen LogP contribution in [0.1, 0.15) is 45.8 Å². The van der Waals surface area contributed by atoms with Crippen LogP contribution in [0.25, 0.3) is 10.9 Å². The lowest BCUT2D eigenvalue weighted by Gasteiger charge is -2.08. The number of carbonyl (C=O) groups is 2. The molecule has 0 fully saturated rings.